The van der Waals surface area contributed by atoms with Crippen molar-refractivity contribution in [3.05, 3.63) is 45.0 Å². The molecule has 0 spiro atoms. The Morgan fingerprint density at radius 2 is 2.19 bits per heavy atom. The molecule has 0 saturated heterocycles. The largest absolute Gasteiger partial charge is 0.376 e. The second-order valence-corrected chi connectivity index (χ2v) is 5.91. The molecule has 6 nitrogen and oxygen atoms in total. The van der Waals surface area contributed by atoms with Crippen LogP contribution in [0.2, 0.25) is 0 Å². The number of aryl methyl sites for hydroxylation is 1. The van der Waals surface area contributed by atoms with E-state index in [0.717, 1.165) is 35.8 Å². The molecule has 2 aromatic rings. The van der Waals surface area contributed by atoms with Gasteiger partial charge >= 0.3 is 0 Å². The van der Waals surface area contributed by atoms with Crippen molar-refractivity contribution in [2.45, 2.75) is 25.4 Å². The Morgan fingerprint density at radius 3 is 2.86 bits per heavy atom. The average Bonchev–Trinajstić information content (AvgIpc) is 2.90. The number of aromatic nitrogens is 1. The molecule has 0 aliphatic heterocycles. The van der Waals surface area contributed by atoms with Crippen molar-refractivity contribution in [2.75, 3.05) is 12.4 Å². The SMILES string of the molecule is COC1CCCc2nc(Nc3ccc([N+](=O)[O-])cc3)sc21. The minimum Gasteiger partial charge on any atom is -0.376 e. The number of nitro groups is 1. The predicted octanol–water partition coefficient (Wildman–Crippen LogP) is 3.82. The van der Waals surface area contributed by atoms with E-state index in [9.17, 15) is 10.1 Å². The number of methoxy groups -OCH3 is 1. The summed E-state index contributed by atoms with van der Waals surface area (Å²) in [6, 6.07) is 6.33. The Hall–Kier alpha value is -1.99. The fourth-order valence-corrected chi connectivity index (χ4v) is 3.59. The van der Waals surface area contributed by atoms with Gasteiger partial charge in [0.15, 0.2) is 5.13 Å². The highest BCUT2D eigenvalue weighted by Gasteiger charge is 2.24. The van der Waals surface area contributed by atoms with Crippen molar-refractivity contribution in [2.24, 2.45) is 0 Å². The number of nitrogens with one attached hydrogen (secondary N) is 1. The van der Waals surface area contributed by atoms with Crippen molar-refractivity contribution >= 4 is 27.8 Å². The second kappa shape index (κ2) is 5.79. The summed E-state index contributed by atoms with van der Waals surface area (Å²) < 4.78 is 5.49. The molecule has 7 heteroatoms. The maximum Gasteiger partial charge on any atom is 0.269 e. The summed E-state index contributed by atoms with van der Waals surface area (Å²) in [4.78, 5) is 16.0. The molecular formula is C14H15N3O3S. The molecule has 1 aliphatic rings. The summed E-state index contributed by atoms with van der Waals surface area (Å²) in [5, 5.41) is 14.6. The van der Waals surface area contributed by atoms with Gasteiger partial charge in [0.2, 0.25) is 0 Å². The number of hydrogen-bond acceptors (Lipinski definition) is 6. The summed E-state index contributed by atoms with van der Waals surface area (Å²) in [7, 11) is 1.73. The lowest BCUT2D eigenvalue weighted by Crippen LogP contribution is -2.08. The zero-order chi connectivity index (χ0) is 14.8. The average molecular weight is 305 g/mol. The summed E-state index contributed by atoms with van der Waals surface area (Å²) in [5.74, 6) is 0. The number of anilines is 2. The fraction of sp³-hybridized carbons (Fsp3) is 0.357. The summed E-state index contributed by atoms with van der Waals surface area (Å²) >= 11 is 1.59. The highest BCUT2D eigenvalue weighted by atomic mass is 32.1. The van der Waals surface area contributed by atoms with Crippen LogP contribution in [0.15, 0.2) is 24.3 Å². The van der Waals surface area contributed by atoms with Crippen molar-refractivity contribution in [1.29, 1.82) is 0 Å². The van der Waals surface area contributed by atoms with Crippen LogP contribution in [0.1, 0.15) is 29.5 Å². The van der Waals surface area contributed by atoms with E-state index in [1.165, 1.54) is 17.0 Å². The van der Waals surface area contributed by atoms with Crippen molar-refractivity contribution < 1.29 is 9.66 Å². The third-order valence-electron chi connectivity index (χ3n) is 3.51. The van der Waals surface area contributed by atoms with E-state index in [1.54, 1.807) is 30.6 Å². The first-order valence-electron chi connectivity index (χ1n) is 6.71. The predicted molar refractivity (Wildman–Crippen MR) is 81.2 cm³/mol. The maximum atomic E-state index is 10.6. The number of hydrogen-bond donors (Lipinski definition) is 1. The lowest BCUT2D eigenvalue weighted by molar-refractivity contribution is -0.384. The van der Waals surface area contributed by atoms with Gasteiger partial charge < -0.3 is 10.1 Å². The molecular weight excluding hydrogens is 290 g/mol. The van der Waals surface area contributed by atoms with Crippen LogP contribution in [0.5, 0.6) is 0 Å². The third kappa shape index (κ3) is 2.88. The number of nitro benzene ring substituents is 1. The van der Waals surface area contributed by atoms with Gasteiger partial charge in [-0.3, -0.25) is 10.1 Å². The molecule has 0 radical (unpaired) electrons. The number of benzene rings is 1. The van der Waals surface area contributed by atoms with E-state index < -0.39 is 4.92 Å². The van der Waals surface area contributed by atoms with Crippen LogP contribution in [0.4, 0.5) is 16.5 Å². The van der Waals surface area contributed by atoms with Crippen LogP contribution in [-0.2, 0) is 11.2 Å². The van der Waals surface area contributed by atoms with Gasteiger partial charge in [-0.2, -0.15) is 0 Å². The molecule has 0 bridgehead atoms. The number of ether oxygens (including phenoxy) is 1. The van der Waals surface area contributed by atoms with Crippen molar-refractivity contribution in [3.63, 3.8) is 0 Å². The van der Waals surface area contributed by atoms with E-state index in [2.05, 4.69) is 10.3 Å². The molecule has 0 fully saturated rings. The van der Waals surface area contributed by atoms with Gasteiger partial charge in [-0.05, 0) is 31.4 Å². The highest BCUT2D eigenvalue weighted by Crippen LogP contribution is 2.38. The molecule has 1 heterocycles. The molecule has 21 heavy (non-hydrogen) atoms. The first-order chi connectivity index (χ1) is 10.2. The topological polar surface area (TPSA) is 77.3 Å². The zero-order valence-electron chi connectivity index (χ0n) is 11.5. The highest BCUT2D eigenvalue weighted by molar-refractivity contribution is 7.15. The summed E-state index contributed by atoms with van der Waals surface area (Å²) in [6.45, 7) is 0. The number of non-ortho nitro benzene ring substituents is 1. The van der Waals surface area contributed by atoms with Gasteiger partial charge in [0.1, 0.15) is 0 Å². The molecule has 1 unspecified atom stereocenters. The number of nitrogens with zero attached hydrogens (tertiary/aromatic N) is 2. The van der Waals surface area contributed by atoms with Gasteiger partial charge in [-0.1, -0.05) is 11.3 Å². The molecule has 110 valence electrons. The Kier molecular flexibility index (Phi) is 3.85. The van der Waals surface area contributed by atoms with Gasteiger partial charge in [0, 0.05) is 24.9 Å². The van der Waals surface area contributed by atoms with Gasteiger partial charge in [0.05, 0.1) is 21.6 Å². The molecule has 0 amide bonds. The Bertz CT molecular complexity index is 654. The number of fused-ring (bicyclic) bond motifs is 1. The normalized spacial score (nSPS) is 17.3. The second-order valence-electron chi connectivity index (χ2n) is 4.88. The molecule has 3 rings (SSSR count). The molecule has 0 saturated carbocycles. The molecule has 1 aromatic carbocycles. The van der Waals surface area contributed by atoms with Gasteiger partial charge in [0.25, 0.3) is 5.69 Å². The first kappa shape index (κ1) is 14.0. The monoisotopic (exact) mass is 305 g/mol. The lowest BCUT2D eigenvalue weighted by atomic mass is 10.0. The van der Waals surface area contributed by atoms with E-state index in [4.69, 9.17) is 4.74 Å². The molecule has 1 aliphatic carbocycles. The maximum absolute atomic E-state index is 10.6. The number of thiazole rings is 1. The number of rotatable bonds is 4. The van der Waals surface area contributed by atoms with Crippen LogP contribution in [0.3, 0.4) is 0 Å². The van der Waals surface area contributed by atoms with E-state index in [1.807, 2.05) is 0 Å². The summed E-state index contributed by atoms with van der Waals surface area (Å²) in [6.07, 6.45) is 3.24. The standard InChI is InChI=1S/C14H15N3O3S/c1-20-12-4-2-3-11-13(12)21-14(16-11)15-9-5-7-10(8-6-9)17(18)19/h5-8,12H,2-4H2,1H3,(H,15,16). The Balaban J connectivity index is 1.79. The zero-order valence-corrected chi connectivity index (χ0v) is 12.4. The van der Waals surface area contributed by atoms with Crippen LogP contribution in [0, 0.1) is 10.1 Å². The smallest absolute Gasteiger partial charge is 0.269 e. The van der Waals surface area contributed by atoms with Crippen LogP contribution < -0.4 is 5.32 Å². The minimum atomic E-state index is -0.408. The quantitative estimate of drug-likeness (QED) is 0.686. The fourth-order valence-electron chi connectivity index (χ4n) is 2.45. The van der Waals surface area contributed by atoms with Gasteiger partial charge in [-0.15, -0.1) is 0 Å². The third-order valence-corrected chi connectivity index (χ3v) is 4.62. The van der Waals surface area contributed by atoms with Crippen molar-refractivity contribution in [3.8, 4) is 0 Å². The van der Waals surface area contributed by atoms with Crippen molar-refractivity contribution in [1.82, 2.24) is 4.98 Å². The van der Waals surface area contributed by atoms with Gasteiger partial charge in [-0.25, -0.2) is 4.98 Å². The molecule has 1 N–H and O–H groups in total. The Morgan fingerprint density at radius 1 is 1.43 bits per heavy atom. The van der Waals surface area contributed by atoms with Crippen LogP contribution in [-0.4, -0.2) is 17.0 Å². The van der Waals surface area contributed by atoms with Crippen LogP contribution in [0.25, 0.3) is 0 Å². The molecule has 1 aromatic heterocycles. The van der Waals surface area contributed by atoms with E-state index in [-0.39, 0.29) is 11.8 Å². The summed E-state index contributed by atoms with van der Waals surface area (Å²) in [5.41, 5.74) is 1.97. The lowest BCUT2D eigenvalue weighted by Gasteiger charge is -2.18. The Labute approximate surface area is 125 Å². The van der Waals surface area contributed by atoms with Crippen LogP contribution >= 0.6 is 11.3 Å². The minimum absolute atomic E-state index is 0.0819. The van der Waals surface area contributed by atoms with E-state index in [0.29, 0.717) is 0 Å². The van der Waals surface area contributed by atoms with E-state index >= 15 is 0 Å². The first-order valence-corrected chi connectivity index (χ1v) is 7.53. The molecule has 1 atom stereocenters.